The van der Waals surface area contributed by atoms with Crippen molar-refractivity contribution in [1.82, 2.24) is 4.98 Å². The van der Waals surface area contributed by atoms with Crippen molar-refractivity contribution in [2.45, 2.75) is 19.5 Å². The number of ether oxygens (including phenoxy) is 1. The van der Waals surface area contributed by atoms with E-state index in [1.807, 2.05) is 6.92 Å². The van der Waals surface area contributed by atoms with Gasteiger partial charge in [0.15, 0.2) is 0 Å². The van der Waals surface area contributed by atoms with Gasteiger partial charge in [-0.2, -0.15) is 18.2 Å². The Hall–Kier alpha value is -2.24. The molecule has 112 valence electrons. The zero-order valence-electron chi connectivity index (χ0n) is 11.4. The summed E-state index contributed by atoms with van der Waals surface area (Å²) in [6.07, 6.45) is -3.45. The minimum Gasteiger partial charge on any atom is -0.439 e. The van der Waals surface area contributed by atoms with Gasteiger partial charge in [-0.1, -0.05) is 19.1 Å². The summed E-state index contributed by atoms with van der Waals surface area (Å²) in [5, 5.41) is 3.09. The molecule has 6 heteroatoms. The lowest BCUT2D eigenvalue weighted by Crippen LogP contribution is -2.05. The molecule has 0 aliphatic rings. The van der Waals surface area contributed by atoms with Crippen molar-refractivity contribution < 1.29 is 17.9 Å². The Morgan fingerprint density at radius 3 is 2.62 bits per heavy atom. The Kier molecular flexibility index (Phi) is 4.67. The van der Waals surface area contributed by atoms with E-state index in [9.17, 15) is 13.2 Å². The molecule has 1 N–H and O–H groups in total. The minimum absolute atomic E-state index is 0.102. The lowest BCUT2D eigenvalue weighted by Gasteiger charge is -2.10. The highest BCUT2D eigenvalue weighted by molar-refractivity contribution is 5.39. The number of anilines is 1. The Labute approximate surface area is 120 Å². The number of pyridine rings is 1. The SMILES string of the molecule is CCCNc1cccc(Oc2cccc(C(F)(F)F)c2)n1. The number of benzene rings is 1. The summed E-state index contributed by atoms with van der Waals surface area (Å²) in [5.41, 5.74) is -0.750. The minimum atomic E-state index is -4.39. The Morgan fingerprint density at radius 2 is 1.90 bits per heavy atom. The van der Waals surface area contributed by atoms with Gasteiger partial charge in [-0.3, -0.25) is 0 Å². The number of aromatic nitrogens is 1. The van der Waals surface area contributed by atoms with Crippen molar-refractivity contribution in [3.8, 4) is 11.6 Å². The van der Waals surface area contributed by atoms with E-state index < -0.39 is 11.7 Å². The topological polar surface area (TPSA) is 34.1 Å². The second kappa shape index (κ2) is 6.47. The fourth-order valence-corrected chi connectivity index (χ4v) is 1.68. The molecule has 0 fully saturated rings. The van der Waals surface area contributed by atoms with Crippen LogP contribution in [-0.2, 0) is 6.18 Å². The van der Waals surface area contributed by atoms with E-state index >= 15 is 0 Å². The molecule has 0 radical (unpaired) electrons. The van der Waals surface area contributed by atoms with Gasteiger partial charge in [0.1, 0.15) is 11.6 Å². The second-order valence-corrected chi connectivity index (χ2v) is 4.42. The molecule has 0 saturated carbocycles. The number of halogens is 3. The molecule has 0 amide bonds. The fourth-order valence-electron chi connectivity index (χ4n) is 1.68. The molecule has 0 atom stereocenters. The molecule has 1 aromatic heterocycles. The van der Waals surface area contributed by atoms with Crippen LogP contribution in [0.1, 0.15) is 18.9 Å². The standard InChI is InChI=1S/C15H15F3N2O/c1-2-9-19-13-7-4-8-14(20-13)21-12-6-3-5-11(10-12)15(16,17)18/h3-8,10H,2,9H2,1H3,(H,19,20). The largest absolute Gasteiger partial charge is 0.439 e. The molecule has 2 rings (SSSR count). The van der Waals surface area contributed by atoms with Crippen LogP contribution in [0.2, 0.25) is 0 Å². The second-order valence-electron chi connectivity index (χ2n) is 4.42. The van der Waals surface area contributed by atoms with Gasteiger partial charge in [-0.15, -0.1) is 0 Å². The third kappa shape index (κ3) is 4.37. The fraction of sp³-hybridized carbons (Fsp3) is 0.267. The molecule has 0 unspecified atom stereocenters. The highest BCUT2D eigenvalue weighted by atomic mass is 19.4. The maximum absolute atomic E-state index is 12.6. The monoisotopic (exact) mass is 296 g/mol. The molecule has 1 aromatic carbocycles. The number of alkyl halides is 3. The average Bonchev–Trinajstić information content (AvgIpc) is 2.45. The summed E-state index contributed by atoms with van der Waals surface area (Å²) in [5.74, 6) is 0.974. The van der Waals surface area contributed by atoms with E-state index in [0.717, 1.165) is 25.1 Å². The lowest BCUT2D eigenvalue weighted by molar-refractivity contribution is -0.137. The van der Waals surface area contributed by atoms with Crippen molar-refractivity contribution >= 4 is 5.82 Å². The normalized spacial score (nSPS) is 11.2. The van der Waals surface area contributed by atoms with Gasteiger partial charge in [0, 0.05) is 12.6 Å². The van der Waals surface area contributed by atoms with Crippen LogP contribution in [0, 0.1) is 0 Å². The van der Waals surface area contributed by atoms with Crippen LogP contribution in [-0.4, -0.2) is 11.5 Å². The third-order valence-electron chi connectivity index (χ3n) is 2.66. The van der Waals surface area contributed by atoms with E-state index in [4.69, 9.17) is 4.74 Å². The smallest absolute Gasteiger partial charge is 0.416 e. The first-order valence-electron chi connectivity index (χ1n) is 6.55. The van der Waals surface area contributed by atoms with Gasteiger partial charge in [0.05, 0.1) is 5.56 Å². The molecule has 3 nitrogen and oxygen atoms in total. The first kappa shape index (κ1) is 15.2. The first-order chi connectivity index (χ1) is 9.99. The average molecular weight is 296 g/mol. The summed E-state index contributed by atoms with van der Waals surface area (Å²) in [7, 11) is 0. The maximum Gasteiger partial charge on any atom is 0.416 e. The summed E-state index contributed by atoms with van der Waals surface area (Å²) in [6.45, 7) is 2.79. The zero-order chi connectivity index (χ0) is 15.3. The van der Waals surface area contributed by atoms with Crippen LogP contribution in [0.4, 0.5) is 19.0 Å². The van der Waals surface area contributed by atoms with E-state index in [0.29, 0.717) is 5.82 Å². The van der Waals surface area contributed by atoms with Crippen LogP contribution in [0.15, 0.2) is 42.5 Å². The third-order valence-corrected chi connectivity index (χ3v) is 2.66. The molecular formula is C15H15F3N2O. The number of nitrogens with zero attached hydrogens (tertiary/aromatic N) is 1. The van der Waals surface area contributed by atoms with E-state index in [1.54, 1.807) is 18.2 Å². The molecule has 1 heterocycles. The molecule has 0 saturated heterocycles. The summed E-state index contributed by atoms with van der Waals surface area (Å²) in [6, 6.07) is 9.81. The zero-order valence-corrected chi connectivity index (χ0v) is 11.4. The van der Waals surface area contributed by atoms with Gasteiger partial charge < -0.3 is 10.1 Å². The van der Waals surface area contributed by atoms with Crippen LogP contribution in [0.25, 0.3) is 0 Å². The predicted octanol–water partition coefficient (Wildman–Crippen LogP) is 4.71. The highest BCUT2D eigenvalue weighted by Crippen LogP contribution is 2.32. The lowest BCUT2D eigenvalue weighted by atomic mass is 10.2. The van der Waals surface area contributed by atoms with Crippen molar-refractivity contribution in [2.24, 2.45) is 0 Å². The van der Waals surface area contributed by atoms with Crippen LogP contribution < -0.4 is 10.1 Å². The van der Waals surface area contributed by atoms with Crippen LogP contribution >= 0.6 is 0 Å². The molecular weight excluding hydrogens is 281 g/mol. The Bertz CT molecular complexity index is 599. The highest BCUT2D eigenvalue weighted by Gasteiger charge is 2.30. The van der Waals surface area contributed by atoms with E-state index in [2.05, 4.69) is 10.3 Å². The molecule has 2 aromatic rings. The number of rotatable bonds is 5. The Balaban J connectivity index is 2.14. The number of hydrogen-bond acceptors (Lipinski definition) is 3. The molecule has 21 heavy (non-hydrogen) atoms. The Morgan fingerprint density at radius 1 is 1.14 bits per heavy atom. The van der Waals surface area contributed by atoms with Gasteiger partial charge in [-0.25, -0.2) is 0 Å². The van der Waals surface area contributed by atoms with E-state index in [1.165, 1.54) is 12.1 Å². The predicted molar refractivity (Wildman–Crippen MR) is 74.5 cm³/mol. The summed E-state index contributed by atoms with van der Waals surface area (Å²) >= 11 is 0. The summed E-state index contributed by atoms with van der Waals surface area (Å²) in [4.78, 5) is 4.18. The maximum atomic E-state index is 12.6. The van der Waals surface area contributed by atoms with Crippen molar-refractivity contribution in [3.63, 3.8) is 0 Å². The van der Waals surface area contributed by atoms with Gasteiger partial charge in [0.2, 0.25) is 5.88 Å². The molecule has 0 bridgehead atoms. The van der Waals surface area contributed by atoms with E-state index in [-0.39, 0.29) is 11.6 Å². The number of hydrogen-bond donors (Lipinski definition) is 1. The van der Waals surface area contributed by atoms with Gasteiger partial charge >= 0.3 is 6.18 Å². The number of nitrogens with one attached hydrogen (secondary N) is 1. The van der Waals surface area contributed by atoms with Crippen LogP contribution in [0.3, 0.4) is 0 Å². The van der Waals surface area contributed by atoms with Crippen molar-refractivity contribution in [2.75, 3.05) is 11.9 Å². The van der Waals surface area contributed by atoms with Gasteiger partial charge in [0.25, 0.3) is 0 Å². The molecule has 0 aliphatic heterocycles. The first-order valence-corrected chi connectivity index (χ1v) is 6.55. The van der Waals surface area contributed by atoms with Crippen molar-refractivity contribution in [3.05, 3.63) is 48.0 Å². The van der Waals surface area contributed by atoms with Gasteiger partial charge in [-0.05, 0) is 30.7 Å². The summed E-state index contributed by atoms with van der Waals surface area (Å²) < 4.78 is 43.3. The van der Waals surface area contributed by atoms with Crippen LogP contribution in [0.5, 0.6) is 11.6 Å². The van der Waals surface area contributed by atoms with Crippen molar-refractivity contribution in [1.29, 1.82) is 0 Å². The molecule has 0 aliphatic carbocycles. The molecule has 0 spiro atoms. The quantitative estimate of drug-likeness (QED) is 0.867.